The molecule has 0 saturated carbocycles. The van der Waals surface area contributed by atoms with Crippen LogP contribution in [0.25, 0.3) is 0 Å². The third kappa shape index (κ3) is 17.0. The summed E-state index contributed by atoms with van der Waals surface area (Å²) in [7, 11) is 0. The van der Waals surface area contributed by atoms with E-state index in [-0.39, 0.29) is 17.6 Å². The summed E-state index contributed by atoms with van der Waals surface area (Å²) in [6.07, 6.45) is 21.4. The maximum Gasteiger partial charge on any atom is 0.219 e. The van der Waals surface area contributed by atoms with E-state index >= 15 is 0 Å². The van der Waals surface area contributed by atoms with Gasteiger partial charge in [-0.1, -0.05) is 84.0 Å². The minimum absolute atomic E-state index is 0.151. The van der Waals surface area contributed by atoms with Crippen molar-refractivity contribution in [2.75, 3.05) is 13.1 Å². The average molecular weight is 449 g/mol. The maximum atomic E-state index is 11.8. The Hall–Kier alpha value is -1.59. The van der Waals surface area contributed by atoms with Crippen LogP contribution in [0.2, 0.25) is 0 Å². The predicted octanol–water partition coefficient (Wildman–Crippen LogP) is 7.17. The minimum atomic E-state index is 0.151. The van der Waals surface area contributed by atoms with Crippen LogP contribution in [-0.4, -0.2) is 30.5 Å². The van der Waals surface area contributed by atoms with Crippen molar-refractivity contribution in [3.63, 3.8) is 0 Å². The second-order valence-corrected chi connectivity index (χ2v) is 9.51. The molecule has 0 saturated heterocycles. The Morgan fingerprint density at radius 3 is 1.91 bits per heavy atom. The third-order valence-electron chi connectivity index (χ3n) is 6.45. The van der Waals surface area contributed by atoms with Gasteiger partial charge in [0.1, 0.15) is 12.3 Å². The molecule has 6 nitrogen and oxygen atoms in total. The number of nitrogens with zero attached hydrogens (tertiary/aromatic N) is 3. The van der Waals surface area contributed by atoms with Crippen LogP contribution >= 0.6 is 0 Å². The van der Waals surface area contributed by atoms with Gasteiger partial charge in [-0.2, -0.15) is 5.11 Å². The second kappa shape index (κ2) is 20.0. The molecule has 0 aromatic rings. The van der Waals surface area contributed by atoms with Gasteiger partial charge in [0.2, 0.25) is 5.91 Å². The van der Waals surface area contributed by atoms with Gasteiger partial charge in [0.05, 0.1) is 5.71 Å². The summed E-state index contributed by atoms with van der Waals surface area (Å²) in [6, 6.07) is 0. The van der Waals surface area contributed by atoms with E-state index in [4.69, 9.17) is 0 Å². The number of unbranched alkanes of at least 4 members (excludes halogenated alkanes) is 13. The molecule has 0 spiro atoms. The van der Waals surface area contributed by atoms with Crippen LogP contribution in [0.15, 0.2) is 15.4 Å². The molecule has 0 radical (unpaired) electrons. The van der Waals surface area contributed by atoms with Crippen molar-refractivity contribution in [2.45, 2.75) is 129 Å². The number of Topliss-reactive ketones (excluding diaryl/α,β-unsaturated/α-hetero) is 1. The normalized spacial score (nSPS) is 13.9. The lowest BCUT2D eigenvalue weighted by atomic mass is 10.0. The minimum Gasteiger partial charge on any atom is -0.356 e. The number of ketones is 1. The largest absolute Gasteiger partial charge is 0.356 e. The van der Waals surface area contributed by atoms with Gasteiger partial charge in [0.25, 0.3) is 0 Å². The molecule has 184 valence electrons. The average Bonchev–Trinajstić information content (AvgIpc) is 3.29. The van der Waals surface area contributed by atoms with Gasteiger partial charge in [0, 0.05) is 18.9 Å². The standard InChI is InChI=1S/C26H48N4O2/c1-23(24(2)31)18-16-17-21-27-26(32)20-15-13-11-9-7-5-3-4-6-8-10-12-14-19-25-22-28-30-29-25/h23H,3-22H2,1-2H3,(H,27,32)/t23-/m0/s1. The SMILES string of the molecule is CC(=O)[C@@H](C)CCCCNC(=O)CCCCCCCCCCCCCCCC1=NN=NC1. The van der Waals surface area contributed by atoms with E-state index in [9.17, 15) is 9.59 Å². The van der Waals surface area contributed by atoms with Crippen LogP contribution in [0.3, 0.4) is 0 Å². The van der Waals surface area contributed by atoms with E-state index < -0.39 is 0 Å². The first-order valence-corrected chi connectivity index (χ1v) is 13.3. The molecule has 1 aliphatic heterocycles. The van der Waals surface area contributed by atoms with E-state index in [1.807, 2.05) is 6.92 Å². The van der Waals surface area contributed by atoms with Crippen molar-refractivity contribution in [3.05, 3.63) is 0 Å². The highest BCUT2D eigenvalue weighted by Gasteiger charge is 2.07. The molecule has 6 heteroatoms. The number of carbonyl (C=O) groups is 2. The van der Waals surface area contributed by atoms with Gasteiger partial charge in [0.15, 0.2) is 0 Å². The van der Waals surface area contributed by atoms with Crippen LogP contribution < -0.4 is 5.32 Å². The third-order valence-corrected chi connectivity index (χ3v) is 6.45. The van der Waals surface area contributed by atoms with Crippen molar-refractivity contribution in [2.24, 2.45) is 21.4 Å². The molecule has 1 amide bonds. The molecular weight excluding hydrogens is 400 g/mol. The van der Waals surface area contributed by atoms with Gasteiger partial charge in [-0.3, -0.25) is 9.59 Å². The van der Waals surface area contributed by atoms with E-state index in [2.05, 4.69) is 20.8 Å². The van der Waals surface area contributed by atoms with E-state index in [1.54, 1.807) is 6.92 Å². The van der Waals surface area contributed by atoms with Crippen LogP contribution in [-0.2, 0) is 9.59 Å². The fourth-order valence-corrected chi connectivity index (χ4v) is 4.02. The lowest BCUT2D eigenvalue weighted by molar-refractivity contribution is -0.122. The van der Waals surface area contributed by atoms with Crippen molar-refractivity contribution in [1.82, 2.24) is 5.32 Å². The van der Waals surface area contributed by atoms with Gasteiger partial charge in [-0.15, -0.1) is 5.10 Å². The topological polar surface area (TPSA) is 83.2 Å². The zero-order valence-electron chi connectivity index (χ0n) is 20.9. The van der Waals surface area contributed by atoms with Gasteiger partial charge < -0.3 is 5.32 Å². The molecule has 1 N–H and O–H groups in total. The summed E-state index contributed by atoms with van der Waals surface area (Å²) in [5.41, 5.74) is 1.15. The Bertz CT molecular complexity index is 560. The maximum absolute atomic E-state index is 11.8. The summed E-state index contributed by atoms with van der Waals surface area (Å²) in [4.78, 5) is 23.0. The summed E-state index contributed by atoms with van der Waals surface area (Å²) >= 11 is 0. The molecular formula is C26H48N4O2. The van der Waals surface area contributed by atoms with Crippen LogP contribution in [0, 0.1) is 5.92 Å². The molecule has 0 aromatic heterocycles. The van der Waals surface area contributed by atoms with E-state index in [1.165, 1.54) is 70.6 Å². The molecule has 1 heterocycles. The van der Waals surface area contributed by atoms with Crippen molar-refractivity contribution >= 4 is 17.4 Å². The molecule has 0 aliphatic carbocycles. The highest BCUT2D eigenvalue weighted by Crippen LogP contribution is 2.14. The van der Waals surface area contributed by atoms with Crippen LogP contribution in [0.5, 0.6) is 0 Å². The van der Waals surface area contributed by atoms with E-state index in [0.717, 1.165) is 57.3 Å². The fraction of sp³-hybridized carbons (Fsp3) is 0.885. The first kappa shape index (κ1) is 28.4. The number of amides is 1. The fourth-order valence-electron chi connectivity index (χ4n) is 4.02. The first-order valence-electron chi connectivity index (χ1n) is 13.3. The summed E-state index contributed by atoms with van der Waals surface area (Å²) in [6.45, 7) is 5.10. The Labute approximate surface area is 196 Å². The molecule has 0 aromatic carbocycles. The molecule has 32 heavy (non-hydrogen) atoms. The monoisotopic (exact) mass is 448 g/mol. The molecule has 1 aliphatic rings. The smallest absolute Gasteiger partial charge is 0.219 e. The zero-order valence-corrected chi connectivity index (χ0v) is 20.9. The van der Waals surface area contributed by atoms with E-state index in [0.29, 0.717) is 6.42 Å². The number of hydrogen-bond donors (Lipinski definition) is 1. The van der Waals surface area contributed by atoms with Crippen LogP contribution in [0.1, 0.15) is 129 Å². The molecule has 0 fully saturated rings. The predicted molar refractivity (Wildman–Crippen MR) is 133 cm³/mol. The quantitative estimate of drug-likeness (QED) is 0.178. The molecule has 0 unspecified atom stereocenters. The lowest BCUT2D eigenvalue weighted by Gasteiger charge is -2.08. The van der Waals surface area contributed by atoms with Crippen molar-refractivity contribution in [1.29, 1.82) is 0 Å². The van der Waals surface area contributed by atoms with Crippen LogP contribution in [0.4, 0.5) is 0 Å². The Morgan fingerprint density at radius 2 is 1.38 bits per heavy atom. The number of carbonyl (C=O) groups excluding carboxylic acids is 2. The molecule has 1 rings (SSSR count). The Balaban J connectivity index is 1.72. The molecule has 1 atom stereocenters. The molecule has 0 bridgehead atoms. The Morgan fingerprint density at radius 1 is 0.812 bits per heavy atom. The number of nitrogens with one attached hydrogen (secondary N) is 1. The summed E-state index contributed by atoms with van der Waals surface area (Å²) in [5.74, 6) is 0.594. The summed E-state index contributed by atoms with van der Waals surface area (Å²) in [5, 5.41) is 14.6. The second-order valence-electron chi connectivity index (χ2n) is 9.51. The highest BCUT2D eigenvalue weighted by atomic mass is 16.1. The van der Waals surface area contributed by atoms with Crippen molar-refractivity contribution in [3.8, 4) is 0 Å². The van der Waals surface area contributed by atoms with Crippen molar-refractivity contribution < 1.29 is 9.59 Å². The lowest BCUT2D eigenvalue weighted by Crippen LogP contribution is -2.24. The van der Waals surface area contributed by atoms with Gasteiger partial charge in [-0.25, -0.2) is 0 Å². The summed E-state index contributed by atoms with van der Waals surface area (Å²) < 4.78 is 0. The first-order chi connectivity index (χ1) is 15.6. The number of hydrogen-bond acceptors (Lipinski definition) is 5. The number of rotatable bonds is 22. The zero-order chi connectivity index (χ0) is 23.3. The van der Waals surface area contributed by atoms with Gasteiger partial charge in [-0.05, 0) is 44.3 Å². The van der Waals surface area contributed by atoms with Gasteiger partial charge >= 0.3 is 0 Å². The highest BCUT2D eigenvalue weighted by molar-refractivity contribution is 5.87. The Kier molecular flexibility index (Phi) is 17.8.